The number of carboxylic acid groups (broad SMARTS) is 1. The third kappa shape index (κ3) is 3.93. The van der Waals surface area contributed by atoms with Crippen molar-refractivity contribution < 1.29 is 14.7 Å². The molecule has 0 aliphatic heterocycles. The lowest BCUT2D eigenvalue weighted by Crippen LogP contribution is -2.23. The molecule has 1 heterocycles. The first kappa shape index (κ1) is 15.3. The SMILES string of the molecule is O=C(O)c1cccc(CNC(=O)c2cc(Cl)ncc2Cl)c1. The van der Waals surface area contributed by atoms with Crippen LogP contribution in [0.1, 0.15) is 26.3 Å². The van der Waals surface area contributed by atoms with Gasteiger partial charge in [0.15, 0.2) is 0 Å². The largest absolute Gasteiger partial charge is 0.478 e. The van der Waals surface area contributed by atoms with E-state index >= 15 is 0 Å². The number of hydrogen-bond acceptors (Lipinski definition) is 3. The van der Waals surface area contributed by atoms with Crippen LogP contribution in [-0.2, 0) is 6.54 Å². The molecule has 0 spiro atoms. The Morgan fingerprint density at radius 3 is 2.71 bits per heavy atom. The summed E-state index contributed by atoms with van der Waals surface area (Å²) in [6, 6.07) is 7.67. The summed E-state index contributed by atoms with van der Waals surface area (Å²) in [6.45, 7) is 0.177. The first-order valence-electron chi connectivity index (χ1n) is 5.89. The molecule has 2 rings (SSSR count). The molecule has 1 aromatic heterocycles. The van der Waals surface area contributed by atoms with Gasteiger partial charge in [0, 0.05) is 12.7 Å². The van der Waals surface area contributed by atoms with E-state index in [-0.39, 0.29) is 27.8 Å². The van der Waals surface area contributed by atoms with Gasteiger partial charge in [-0.05, 0) is 23.8 Å². The molecular formula is C14H10Cl2N2O3. The Morgan fingerprint density at radius 1 is 1.24 bits per heavy atom. The van der Waals surface area contributed by atoms with E-state index in [0.29, 0.717) is 5.56 Å². The monoisotopic (exact) mass is 324 g/mol. The molecule has 0 unspecified atom stereocenters. The number of pyridine rings is 1. The molecule has 108 valence electrons. The molecule has 1 amide bonds. The smallest absolute Gasteiger partial charge is 0.335 e. The number of carbonyl (C=O) groups excluding carboxylic acids is 1. The summed E-state index contributed by atoms with van der Waals surface area (Å²) in [7, 11) is 0. The van der Waals surface area contributed by atoms with E-state index in [1.165, 1.54) is 24.4 Å². The maximum Gasteiger partial charge on any atom is 0.335 e. The average Bonchev–Trinajstić information content (AvgIpc) is 2.47. The highest BCUT2D eigenvalue weighted by molar-refractivity contribution is 6.35. The average molecular weight is 325 g/mol. The number of aromatic carboxylic acids is 1. The number of amides is 1. The van der Waals surface area contributed by atoms with E-state index in [1.807, 2.05) is 0 Å². The van der Waals surface area contributed by atoms with Gasteiger partial charge in [0.05, 0.1) is 16.1 Å². The van der Waals surface area contributed by atoms with Crippen molar-refractivity contribution in [3.63, 3.8) is 0 Å². The van der Waals surface area contributed by atoms with Gasteiger partial charge in [-0.1, -0.05) is 35.3 Å². The molecule has 0 aliphatic carbocycles. The quantitative estimate of drug-likeness (QED) is 0.847. The van der Waals surface area contributed by atoms with E-state index < -0.39 is 11.9 Å². The van der Waals surface area contributed by atoms with Crippen LogP contribution in [-0.4, -0.2) is 22.0 Å². The van der Waals surface area contributed by atoms with Gasteiger partial charge in [-0.25, -0.2) is 9.78 Å². The highest BCUT2D eigenvalue weighted by Gasteiger charge is 2.12. The molecule has 2 aromatic rings. The number of nitrogens with one attached hydrogen (secondary N) is 1. The van der Waals surface area contributed by atoms with Gasteiger partial charge in [-0.3, -0.25) is 4.79 Å². The van der Waals surface area contributed by atoms with E-state index in [2.05, 4.69) is 10.3 Å². The van der Waals surface area contributed by atoms with Gasteiger partial charge < -0.3 is 10.4 Å². The standard InChI is InChI=1S/C14H10Cl2N2O3/c15-11-7-17-12(16)5-10(11)13(19)18-6-8-2-1-3-9(4-8)14(20)21/h1-5,7H,6H2,(H,18,19)(H,20,21). The van der Waals surface area contributed by atoms with Gasteiger partial charge in [-0.15, -0.1) is 0 Å². The normalized spacial score (nSPS) is 10.2. The zero-order valence-electron chi connectivity index (χ0n) is 10.6. The number of nitrogens with zero attached hydrogens (tertiary/aromatic N) is 1. The molecule has 0 atom stereocenters. The number of carbonyl (C=O) groups is 2. The third-order valence-corrected chi connectivity index (χ3v) is 3.20. The fraction of sp³-hybridized carbons (Fsp3) is 0.0714. The molecule has 2 N–H and O–H groups in total. The fourth-order valence-electron chi connectivity index (χ4n) is 1.68. The Hall–Kier alpha value is -2.11. The maximum absolute atomic E-state index is 12.0. The van der Waals surface area contributed by atoms with E-state index in [0.717, 1.165) is 0 Å². The summed E-state index contributed by atoms with van der Waals surface area (Å²) in [6.07, 6.45) is 1.30. The molecule has 21 heavy (non-hydrogen) atoms. The van der Waals surface area contributed by atoms with Crippen LogP contribution in [0.25, 0.3) is 0 Å². The summed E-state index contributed by atoms with van der Waals surface area (Å²) in [5.74, 6) is -1.43. The molecule has 1 aromatic carbocycles. The van der Waals surface area contributed by atoms with Gasteiger partial charge in [-0.2, -0.15) is 0 Å². The number of carboxylic acids is 1. The van der Waals surface area contributed by atoms with Crippen LogP contribution >= 0.6 is 23.2 Å². The van der Waals surface area contributed by atoms with Crippen LogP contribution in [0.3, 0.4) is 0 Å². The number of hydrogen-bond donors (Lipinski definition) is 2. The molecule has 7 heteroatoms. The minimum atomic E-state index is -1.02. The van der Waals surface area contributed by atoms with Gasteiger partial charge in [0.25, 0.3) is 5.91 Å². The number of aromatic nitrogens is 1. The van der Waals surface area contributed by atoms with Gasteiger partial charge in [0.2, 0.25) is 0 Å². The van der Waals surface area contributed by atoms with Crippen molar-refractivity contribution in [3.05, 3.63) is 63.4 Å². The number of benzene rings is 1. The second kappa shape index (κ2) is 6.56. The highest BCUT2D eigenvalue weighted by atomic mass is 35.5. The minimum absolute atomic E-state index is 0.159. The van der Waals surface area contributed by atoms with Crippen molar-refractivity contribution >= 4 is 35.1 Å². The van der Waals surface area contributed by atoms with Crippen molar-refractivity contribution in [3.8, 4) is 0 Å². The molecule has 5 nitrogen and oxygen atoms in total. The Morgan fingerprint density at radius 2 is 2.00 bits per heavy atom. The van der Waals surface area contributed by atoms with Crippen LogP contribution in [0.15, 0.2) is 36.5 Å². The zero-order chi connectivity index (χ0) is 15.4. The Kier molecular flexibility index (Phi) is 4.77. The van der Waals surface area contributed by atoms with Crippen LogP contribution in [0, 0.1) is 0 Å². The molecule has 0 saturated carbocycles. The summed E-state index contributed by atoms with van der Waals surface area (Å²) in [4.78, 5) is 26.6. The zero-order valence-corrected chi connectivity index (χ0v) is 12.1. The predicted octanol–water partition coefficient (Wildman–Crippen LogP) is 3.02. The topological polar surface area (TPSA) is 79.3 Å². The summed E-state index contributed by atoms with van der Waals surface area (Å²) in [5.41, 5.74) is 1.04. The summed E-state index contributed by atoms with van der Waals surface area (Å²) >= 11 is 11.6. The Labute approximate surface area is 130 Å². The third-order valence-electron chi connectivity index (χ3n) is 2.69. The first-order chi connectivity index (χ1) is 9.97. The van der Waals surface area contributed by atoms with Gasteiger partial charge in [0.1, 0.15) is 5.15 Å². The van der Waals surface area contributed by atoms with Crippen LogP contribution in [0.2, 0.25) is 10.2 Å². The molecule has 0 radical (unpaired) electrons. The van der Waals surface area contributed by atoms with Crippen molar-refractivity contribution in [2.24, 2.45) is 0 Å². The predicted molar refractivity (Wildman–Crippen MR) is 78.8 cm³/mol. The van der Waals surface area contributed by atoms with Crippen molar-refractivity contribution in [2.75, 3.05) is 0 Å². The van der Waals surface area contributed by atoms with E-state index in [9.17, 15) is 9.59 Å². The Bertz CT molecular complexity index is 704. The first-order valence-corrected chi connectivity index (χ1v) is 6.64. The lowest BCUT2D eigenvalue weighted by Gasteiger charge is -2.07. The molecule has 0 saturated heterocycles. The van der Waals surface area contributed by atoms with Crippen LogP contribution in [0.4, 0.5) is 0 Å². The fourth-order valence-corrected chi connectivity index (χ4v) is 2.03. The summed E-state index contributed by atoms with van der Waals surface area (Å²) in [5, 5.41) is 11.9. The molecule has 0 bridgehead atoms. The van der Waals surface area contributed by atoms with Crippen molar-refractivity contribution in [2.45, 2.75) is 6.54 Å². The minimum Gasteiger partial charge on any atom is -0.478 e. The van der Waals surface area contributed by atoms with Crippen molar-refractivity contribution in [1.29, 1.82) is 0 Å². The van der Waals surface area contributed by atoms with Crippen molar-refractivity contribution in [1.82, 2.24) is 10.3 Å². The summed E-state index contributed by atoms with van der Waals surface area (Å²) < 4.78 is 0. The van der Waals surface area contributed by atoms with Gasteiger partial charge >= 0.3 is 5.97 Å². The van der Waals surface area contributed by atoms with E-state index in [1.54, 1.807) is 12.1 Å². The lowest BCUT2D eigenvalue weighted by molar-refractivity contribution is 0.0696. The second-order valence-corrected chi connectivity index (χ2v) is 4.97. The Balaban J connectivity index is 2.09. The highest BCUT2D eigenvalue weighted by Crippen LogP contribution is 2.18. The van der Waals surface area contributed by atoms with Crippen LogP contribution < -0.4 is 5.32 Å². The second-order valence-electron chi connectivity index (χ2n) is 4.18. The number of rotatable bonds is 4. The number of halogens is 2. The maximum atomic E-state index is 12.0. The van der Waals surface area contributed by atoms with Crippen LogP contribution in [0.5, 0.6) is 0 Å². The van der Waals surface area contributed by atoms with E-state index in [4.69, 9.17) is 28.3 Å². The molecular weight excluding hydrogens is 315 g/mol. The molecule has 0 aliphatic rings. The lowest BCUT2D eigenvalue weighted by atomic mass is 10.1. The molecule has 0 fully saturated rings.